The molecule has 0 radical (unpaired) electrons. The third-order valence-electron chi connectivity index (χ3n) is 3.76. The van der Waals surface area contributed by atoms with Crippen molar-refractivity contribution < 1.29 is 8.42 Å². The fourth-order valence-electron chi connectivity index (χ4n) is 2.58. The minimum Gasteiger partial charge on any atom is -0.326 e. The molecule has 0 saturated heterocycles. The van der Waals surface area contributed by atoms with Crippen LogP contribution in [0.2, 0.25) is 10.0 Å². The molecule has 110 valence electrons. The van der Waals surface area contributed by atoms with E-state index in [1.807, 2.05) is 12.1 Å². The van der Waals surface area contributed by atoms with Crippen molar-refractivity contribution in [3.05, 3.63) is 64.1 Å². The third kappa shape index (κ3) is 2.69. The molecule has 2 aromatic rings. The minimum atomic E-state index is -3.46. The van der Waals surface area contributed by atoms with E-state index in [1.54, 1.807) is 24.3 Å². The van der Waals surface area contributed by atoms with Gasteiger partial charge < -0.3 is 5.73 Å². The van der Waals surface area contributed by atoms with Gasteiger partial charge in [0.2, 0.25) is 0 Å². The normalized spacial score (nSPS) is 24.8. The molecule has 0 amide bonds. The summed E-state index contributed by atoms with van der Waals surface area (Å²) in [6, 6.07) is 12.9. The Labute approximate surface area is 133 Å². The highest BCUT2D eigenvalue weighted by molar-refractivity contribution is 7.92. The average molecular weight is 342 g/mol. The summed E-state index contributed by atoms with van der Waals surface area (Å²) in [6.07, 6.45) is 0. The van der Waals surface area contributed by atoms with Crippen LogP contribution in [0.25, 0.3) is 0 Å². The van der Waals surface area contributed by atoms with Gasteiger partial charge in [0.15, 0.2) is 9.84 Å². The van der Waals surface area contributed by atoms with Crippen LogP contribution in [0.4, 0.5) is 0 Å². The van der Waals surface area contributed by atoms with E-state index in [1.165, 1.54) is 12.1 Å². The molecule has 2 N–H and O–H groups in total. The molecule has 0 heterocycles. The predicted molar refractivity (Wildman–Crippen MR) is 84.6 cm³/mol. The second-order valence-electron chi connectivity index (χ2n) is 5.12. The number of hydrogen-bond acceptors (Lipinski definition) is 3. The number of sulfone groups is 1. The van der Waals surface area contributed by atoms with Gasteiger partial charge in [-0.05, 0) is 42.0 Å². The molecule has 0 aromatic heterocycles. The highest BCUT2D eigenvalue weighted by Crippen LogP contribution is 2.47. The Morgan fingerprint density at radius 1 is 0.857 bits per heavy atom. The first kappa shape index (κ1) is 14.9. The molecule has 3 atom stereocenters. The van der Waals surface area contributed by atoms with Crippen molar-refractivity contribution in [1.29, 1.82) is 0 Å². The fraction of sp³-hybridized carbons (Fsp3) is 0.200. The Morgan fingerprint density at radius 3 is 1.86 bits per heavy atom. The topological polar surface area (TPSA) is 60.2 Å². The van der Waals surface area contributed by atoms with Crippen molar-refractivity contribution in [1.82, 2.24) is 0 Å². The highest BCUT2D eigenvalue weighted by atomic mass is 35.5. The van der Waals surface area contributed by atoms with Gasteiger partial charge in [-0.25, -0.2) is 8.42 Å². The number of rotatable bonds is 3. The van der Waals surface area contributed by atoms with E-state index in [4.69, 9.17) is 28.9 Å². The van der Waals surface area contributed by atoms with Crippen LogP contribution in [0.1, 0.15) is 11.5 Å². The molecule has 2 aromatic carbocycles. The molecule has 1 saturated carbocycles. The first-order valence-electron chi connectivity index (χ1n) is 6.42. The van der Waals surface area contributed by atoms with Crippen molar-refractivity contribution in [2.45, 2.75) is 22.1 Å². The maximum Gasteiger partial charge on any atom is 0.183 e. The summed E-state index contributed by atoms with van der Waals surface area (Å²) in [5.74, 6) is -0.192. The van der Waals surface area contributed by atoms with E-state index in [0.717, 1.165) is 5.56 Å². The van der Waals surface area contributed by atoms with Crippen molar-refractivity contribution in [3.8, 4) is 0 Å². The Bertz CT molecular complexity index is 757. The van der Waals surface area contributed by atoms with Gasteiger partial charge in [-0.2, -0.15) is 0 Å². The second-order valence-corrected chi connectivity index (χ2v) is 8.10. The summed E-state index contributed by atoms with van der Waals surface area (Å²) in [5.41, 5.74) is 6.89. The number of benzene rings is 2. The van der Waals surface area contributed by atoms with Crippen LogP contribution in [0.15, 0.2) is 53.4 Å². The largest absolute Gasteiger partial charge is 0.326 e. The van der Waals surface area contributed by atoms with Gasteiger partial charge in [-0.3, -0.25) is 0 Å². The first-order valence-corrected chi connectivity index (χ1v) is 8.72. The molecular weight excluding hydrogens is 329 g/mol. The maximum atomic E-state index is 12.6. The fourth-order valence-corrected chi connectivity index (χ4v) is 4.88. The molecule has 1 fully saturated rings. The molecule has 0 aliphatic heterocycles. The average Bonchev–Trinajstić information content (AvgIpc) is 3.12. The quantitative estimate of drug-likeness (QED) is 0.931. The van der Waals surface area contributed by atoms with Crippen LogP contribution >= 0.6 is 23.2 Å². The molecule has 6 heteroatoms. The lowest BCUT2D eigenvalue weighted by molar-refractivity contribution is 0.593. The molecule has 3 unspecified atom stereocenters. The van der Waals surface area contributed by atoms with Crippen LogP contribution in [0, 0.1) is 0 Å². The lowest BCUT2D eigenvalue weighted by Crippen LogP contribution is -2.15. The van der Waals surface area contributed by atoms with Gasteiger partial charge in [0.25, 0.3) is 0 Å². The lowest BCUT2D eigenvalue weighted by atomic mass is 10.1. The summed E-state index contributed by atoms with van der Waals surface area (Å²) in [6.45, 7) is 0. The smallest absolute Gasteiger partial charge is 0.183 e. The van der Waals surface area contributed by atoms with Gasteiger partial charge >= 0.3 is 0 Å². The maximum absolute atomic E-state index is 12.6. The molecule has 0 spiro atoms. The van der Waals surface area contributed by atoms with Crippen molar-refractivity contribution in [2.75, 3.05) is 0 Å². The zero-order chi connectivity index (χ0) is 15.2. The molecule has 21 heavy (non-hydrogen) atoms. The Kier molecular flexibility index (Phi) is 3.74. The Morgan fingerprint density at radius 2 is 1.33 bits per heavy atom. The Balaban J connectivity index is 1.91. The van der Waals surface area contributed by atoms with E-state index < -0.39 is 21.1 Å². The van der Waals surface area contributed by atoms with Crippen LogP contribution in [-0.2, 0) is 9.84 Å². The lowest BCUT2D eigenvalue weighted by Gasteiger charge is -2.04. The van der Waals surface area contributed by atoms with Gasteiger partial charge in [0.05, 0.1) is 10.1 Å². The molecule has 3 rings (SSSR count). The SMILES string of the molecule is NC1C(c2ccc(Cl)cc2)C1S(=O)(=O)c1ccc(Cl)cc1. The van der Waals surface area contributed by atoms with Crippen LogP contribution in [-0.4, -0.2) is 19.7 Å². The van der Waals surface area contributed by atoms with Crippen LogP contribution < -0.4 is 5.73 Å². The molecule has 0 bridgehead atoms. The van der Waals surface area contributed by atoms with Crippen molar-refractivity contribution >= 4 is 33.0 Å². The van der Waals surface area contributed by atoms with Gasteiger partial charge in [0, 0.05) is 22.0 Å². The highest BCUT2D eigenvalue weighted by Gasteiger charge is 2.57. The summed E-state index contributed by atoms with van der Waals surface area (Å²) < 4.78 is 25.2. The van der Waals surface area contributed by atoms with E-state index >= 15 is 0 Å². The van der Waals surface area contributed by atoms with Crippen LogP contribution in [0.3, 0.4) is 0 Å². The van der Waals surface area contributed by atoms with E-state index in [2.05, 4.69) is 0 Å². The van der Waals surface area contributed by atoms with E-state index in [0.29, 0.717) is 10.0 Å². The van der Waals surface area contributed by atoms with Crippen molar-refractivity contribution in [2.24, 2.45) is 5.73 Å². The number of nitrogens with two attached hydrogens (primary N) is 1. The summed E-state index contributed by atoms with van der Waals surface area (Å²) in [7, 11) is -3.46. The van der Waals surface area contributed by atoms with Crippen molar-refractivity contribution in [3.63, 3.8) is 0 Å². The monoisotopic (exact) mass is 341 g/mol. The van der Waals surface area contributed by atoms with E-state index in [-0.39, 0.29) is 10.8 Å². The zero-order valence-corrected chi connectivity index (χ0v) is 13.2. The zero-order valence-electron chi connectivity index (χ0n) is 10.9. The minimum absolute atomic E-state index is 0.192. The van der Waals surface area contributed by atoms with Gasteiger partial charge in [0.1, 0.15) is 0 Å². The summed E-state index contributed by atoms with van der Waals surface area (Å²) in [4.78, 5) is 0.254. The molecule has 1 aliphatic carbocycles. The molecular formula is C15H13Cl2NO2S. The van der Waals surface area contributed by atoms with Crippen LogP contribution in [0.5, 0.6) is 0 Å². The second kappa shape index (κ2) is 5.29. The third-order valence-corrected chi connectivity index (χ3v) is 6.52. The van der Waals surface area contributed by atoms with Gasteiger partial charge in [-0.15, -0.1) is 0 Å². The summed E-state index contributed by atoms with van der Waals surface area (Å²) in [5, 5.41) is 0.522. The van der Waals surface area contributed by atoms with Gasteiger partial charge in [-0.1, -0.05) is 35.3 Å². The summed E-state index contributed by atoms with van der Waals surface area (Å²) >= 11 is 11.6. The predicted octanol–water partition coefficient (Wildman–Crippen LogP) is 3.26. The Hall–Kier alpha value is -1.07. The molecule has 1 aliphatic rings. The number of halogens is 2. The number of hydrogen-bond donors (Lipinski definition) is 1. The van der Waals surface area contributed by atoms with E-state index in [9.17, 15) is 8.42 Å². The standard InChI is InChI=1S/C15H13Cl2NO2S/c16-10-3-1-9(2-4-10)13-14(18)15(13)21(19,20)12-7-5-11(17)6-8-12/h1-8,13-15H,18H2. The molecule has 3 nitrogen and oxygen atoms in total. The first-order chi connectivity index (χ1) is 9.91.